The lowest BCUT2D eigenvalue weighted by atomic mass is 9.96. The van der Waals surface area contributed by atoms with Gasteiger partial charge < -0.3 is 0 Å². The third kappa shape index (κ3) is 1.16. The van der Waals surface area contributed by atoms with Crippen molar-refractivity contribution in [3.63, 3.8) is 0 Å². The first-order valence-corrected chi connectivity index (χ1v) is 6.97. The molecule has 0 amide bonds. The summed E-state index contributed by atoms with van der Waals surface area (Å²) >= 11 is 0. The van der Waals surface area contributed by atoms with Crippen molar-refractivity contribution in [1.82, 2.24) is 0 Å². The Morgan fingerprint density at radius 1 is 0.650 bits per heavy atom. The molecule has 0 saturated carbocycles. The van der Waals surface area contributed by atoms with Gasteiger partial charge in [-0.25, -0.2) is 0 Å². The van der Waals surface area contributed by atoms with Crippen molar-refractivity contribution in [3.05, 3.63) is 87.9 Å². The van der Waals surface area contributed by atoms with Crippen molar-refractivity contribution in [1.29, 1.82) is 0 Å². The van der Waals surface area contributed by atoms with Crippen molar-refractivity contribution >= 4 is 27.6 Å². The minimum Gasteiger partial charge on any atom is -0.0616 e. The van der Waals surface area contributed by atoms with Gasteiger partial charge in [0.2, 0.25) is 0 Å². The van der Waals surface area contributed by atoms with E-state index in [0.717, 1.165) is 0 Å². The molecule has 0 aromatic heterocycles. The van der Waals surface area contributed by atoms with Crippen molar-refractivity contribution in [3.8, 4) is 0 Å². The van der Waals surface area contributed by atoms with Crippen LogP contribution in [0.5, 0.6) is 0 Å². The van der Waals surface area contributed by atoms with Gasteiger partial charge in [0, 0.05) is 0 Å². The lowest BCUT2D eigenvalue weighted by Gasteiger charge is -2.07. The van der Waals surface area contributed by atoms with Gasteiger partial charge >= 0.3 is 0 Å². The molecule has 0 heterocycles. The van der Waals surface area contributed by atoms with E-state index < -0.39 is 0 Å². The first-order valence-electron chi connectivity index (χ1n) is 6.97. The third-order valence-corrected chi connectivity index (χ3v) is 4.35. The molecule has 0 aliphatic heterocycles. The molecule has 0 saturated heterocycles. The molecule has 20 heavy (non-hydrogen) atoms. The summed E-state index contributed by atoms with van der Waals surface area (Å²) in [6, 6.07) is 24.2. The second kappa shape index (κ2) is 3.49. The molecule has 0 radical (unpaired) electrons. The molecule has 0 bridgehead atoms. The Morgan fingerprint density at radius 2 is 1.45 bits per heavy atom. The van der Waals surface area contributed by atoms with Crippen LogP contribution in [-0.2, 0) is 0 Å². The van der Waals surface area contributed by atoms with Gasteiger partial charge in [0.25, 0.3) is 0 Å². The van der Waals surface area contributed by atoms with Crippen LogP contribution in [0.2, 0.25) is 0 Å². The number of benzene rings is 4. The summed E-state index contributed by atoms with van der Waals surface area (Å²) in [4.78, 5) is 0. The molecular formula is C20H12. The zero-order valence-corrected chi connectivity index (χ0v) is 10.9. The van der Waals surface area contributed by atoms with Crippen LogP contribution in [0.4, 0.5) is 0 Å². The largest absolute Gasteiger partial charge is 0.0616 e. The Bertz CT molecular complexity index is 1130. The smallest absolute Gasteiger partial charge is 0.00259 e. The first kappa shape index (κ1) is 10.2. The molecule has 92 valence electrons. The highest BCUT2D eigenvalue weighted by Gasteiger charge is 2.09. The molecule has 0 atom stereocenters. The normalized spacial score (nSPS) is 12.4. The molecule has 5 rings (SSSR count). The van der Waals surface area contributed by atoms with Gasteiger partial charge in [0.1, 0.15) is 0 Å². The molecule has 0 N–H and O–H groups in total. The fraction of sp³-hybridized carbons (Fsp3) is 0. The van der Waals surface area contributed by atoms with E-state index in [1.807, 2.05) is 0 Å². The molecule has 4 aromatic rings. The Labute approximate surface area is 116 Å². The summed E-state index contributed by atoms with van der Waals surface area (Å²) < 4.78 is 0. The minimum atomic E-state index is 1.33. The van der Waals surface area contributed by atoms with Crippen LogP contribution in [0.1, 0.15) is 5.56 Å². The Kier molecular flexibility index (Phi) is 1.78. The lowest BCUT2D eigenvalue weighted by Crippen LogP contribution is -1.96. The van der Waals surface area contributed by atoms with E-state index in [0.29, 0.717) is 0 Å². The number of hydrogen-bond donors (Lipinski definition) is 0. The lowest BCUT2D eigenvalue weighted by molar-refractivity contribution is 1.51. The van der Waals surface area contributed by atoms with E-state index in [4.69, 9.17) is 0 Å². The summed E-state index contributed by atoms with van der Waals surface area (Å²) in [6.07, 6.45) is 2.30. The van der Waals surface area contributed by atoms with Crippen LogP contribution >= 0.6 is 0 Å². The summed E-state index contributed by atoms with van der Waals surface area (Å²) in [5.74, 6) is 0. The quantitative estimate of drug-likeness (QED) is 0.388. The molecule has 0 heteroatoms. The van der Waals surface area contributed by atoms with E-state index in [1.165, 1.54) is 42.8 Å². The molecule has 1 aliphatic rings. The average Bonchev–Trinajstić information content (AvgIpc) is 2.86. The average molecular weight is 252 g/mol. The Morgan fingerprint density at radius 3 is 2.40 bits per heavy atom. The highest BCUT2D eigenvalue weighted by molar-refractivity contribution is 6.11. The second-order valence-corrected chi connectivity index (χ2v) is 5.46. The van der Waals surface area contributed by atoms with Gasteiger partial charge in [0.15, 0.2) is 0 Å². The molecule has 0 fully saturated rings. The zero-order valence-electron chi connectivity index (χ0n) is 10.9. The summed E-state index contributed by atoms with van der Waals surface area (Å²) in [5.41, 5.74) is 1.34. The van der Waals surface area contributed by atoms with Gasteiger partial charge in [-0.15, -0.1) is 0 Å². The number of rotatable bonds is 0. The van der Waals surface area contributed by atoms with Crippen LogP contribution in [-0.4, -0.2) is 0 Å². The fourth-order valence-electron chi connectivity index (χ4n) is 3.53. The van der Waals surface area contributed by atoms with Crippen molar-refractivity contribution in [2.45, 2.75) is 0 Å². The predicted molar refractivity (Wildman–Crippen MR) is 84.4 cm³/mol. The molecule has 4 aromatic carbocycles. The maximum Gasteiger partial charge on any atom is -0.00259 e. The van der Waals surface area contributed by atoms with Crippen molar-refractivity contribution in [2.75, 3.05) is 0 Å². The molecule has 0 unspecified atom stereocenters. The van der Waals surface area contributed by atoms with Crippen LogP contribution in [0.15, 0.2) is 66.7 Å². The molecule has 0 spiro atoms. The number of hydrogen-bond acceptors (Lipinski definition) is 0. The third-order valence-electron chi connectivity index (χ3n) is 4.35. The molecule has 1 aliphatic carbocycles. The highest BCUT2D eigenvalue weighted by atomic mass is 14.1. The number of fused-ring (bicyclic) bond motifs is 3. The molecule has 0 nitrogen and oxygen atoms in total. The van der Waals surface area contributed by atoms with Crippen molar-refractivity contribution in [2.24, 2.45) is 0 Å². The second-order valence-electron chi connectivity index (χ2n) is 5.46. The summed E-state index contributed by atoms with van der Waals surface area (Å²) in [6.45, 7) is 0. The van der Waals surface area contributed by atoms with Gasteiger partial charge in [0.05, 0.1) is 0 Å². The predicted octanol–water partition coefficient (Wildman–Crippen LogP) is 4.14. The van der Waals surface area contributed by atoms with E-state index in [-0.39, 0.29) is 0 Å². The zero-order chi connectivity index (χ0) is 13.1. The van der Waals surface area contributed by atoms with E-state index in [1.54, 1.807) is 0 Å². The van der Waals surface area contributed by atoms with Crippen LogP contribution in [0.25, 0.3) is 27.6 Å². The fourth-order valence-corrected chi connectivity index (χ4v) is 3.53. The Hall–Kier alpha value is -2.60. The highest BCUT2D eigenvalue weighted by Crippen LogP contribution is 2.30. The SMILES string of the molecule is C1=c2ccccc2=c2c1cc1cccc3cccc2c31. The van der Waals surface area contributed by atoms with Gasteiger partial charge in [-0.1, -0.05) is 60.7 Å². The summed E-state index contributed by atoms with van der Waals surface area (Å²) in [5, 5.41) is 9.51. The topological polar surface area (TPSA) is 0 Å². The molecular weight excluding hydrogens is 240 g/mol. The monoisotopic (exact) mass is 252 g/mol. The van der Waals surface area contributed by atoms with Crippen LogP contribution in [0, 0.1) is 10.4 Å². The van der Waals surface area contributed by atoms with Crippen LogP contribution in [0.3, 0.4) is 0 Å². The maximum absolute atomic E-state index is 2.32. The maximum atomic E-state index is 2.32. The van der Waals surface area contributed by atoms with Gasteiger partial charge in [-0.3, -0.25) is 0 Å². The minimum absolute atomic E-state index is 1.33. The van der Waals surface area contributed by atoms with Gasteiger partial charge in [-0.05, 0) is 54.9 Å². The first-order chi connectivity index (χ1) is 9.92. The Balaban J connectivity index is 2.24. The summed E-state index contributed by atoms with van der Waals surface area (Å²) in [7, 11) is 0. The van der Waals surface area contributed by atoms with E-state index >= 15 is 0 Å². The standard InChI is InChI=1S/C20H12/c1-2-9-17-14(5-1)11-16-12-15-8-3-6-13-7-4-10-18(19(13)15)20(16)17/h1-12H. The van der Waals surface area contributed by atoms with E-state index in [9.17, 15) is 0 Å². The van der Waals surface area contributed by atoms with Gasteiger partial charge in [-0.2, -0.15) is 0 Å². The van der Waals surface area contributed by atoms with Crippen molar-refractivity contribution < 1.29 is 0 Å². The van der Waals surface area contributed by atoms with E-state index in [2.05, 4.69) is 72.8 Å². The van der Waals surface area contributed by atoms with Crippen LogP contribution < -0.4 is 5.22 Å².